The van der Waals surface area contributed by atoms with Crippen molar-refractivity contribution >= 4 is 36.9 Å². The molecule has 298 valence electrons. The molecular formula is C42H47F2N3O7S2. The van der Waals surface area contributed by atoms with Gasteiger partial charge in [-0.2, -0.15) is 8.78 Å². The number of ether oxygens (including phenoxy) is 1. The number of likely N-dealkylation sites (tertiary alicyclic amines) is 1. The van der Waals surface area contributed by atoms with E-state index < -0.39 is 42.5 Å². The number of benzene rings is 3. The van der Waals surface area contributed by atoms with Crippen LogP contribution in [0.5, 0.6) is 0 Å². The largest absolute Gasteiger partial charge is 0.444 e. The Labute approximate surface area is 326 Å². The number of carbonyl (C=O) groups is 1. The maximum absolute atomic E-state index is 16.8. The monoisotopic (exact) mass is 807 g/mol. The fourth-order valence-corrected chi connectivity index (χ4v) is 9.34. The van der Waals surface area contributed by atoms with Gasteiger partial charge in [-0.25, -0.2) is 25.6 Å². The van der Waals surface area contributed by atoms with Gasteiger partial charge in [0, 0.05) is 54.6 Å². The number of pyridine rings is 1. The van der Waals surface area contributed by atoms with Crippen molar-refractivity contribution in [3.05, 3.63) is 118 Å². The first-order valence-corrected chi connectivity index (χ1v) is 21.7. The number of hydrogen-bond acceptors (Lipinski definition) is 7. The topological polar surface area (TPSA) is 125 Å². The number of halogens is 2. The van der Waals surface area contributed by atoms with Gasteiger partial charge in [0.15, 0.2) is 9.84 Å². The van der Waals surface area contributed by atoms with Crippen molar-refractivity contribution in [1.82, 2.24) is 13.4 Å². The number of aryl methyl sites for hydroxylation is 3. The van der Waals surface area contributed by atoms with Gasteiger partial charge >= 0.3 is 6.09 Å². The zero-order chi connectivity index (χ0) is 40.8. The van der Waals surface area contributed by atoms with Gasteiger partial charge in [-0.05, 0) is 101 Å². The first kappa shape index (κ1) is 40.8. The normalized spacial score (nSPS) is 14.7. The average Bonchev–Trinajstić information content (AvgIpc) is 3.62. The van der Waals surface area contributed by atoms with Gasteiger partial charge in [0.1, 0.15) is 11.1 Å². The number of fused-ring (bicyclic) bond motifs is 1. The highest BCUT2D eigenvalue weighted by Gasteiger charge is 2.38. The number of sulfone groups is 1. The predicted molar refractivity (Wildman–Crippen MR) is 212 cm³/mol. The standard InChI is InChI=1S/C42H47F2N3O7S2/c1-7-55(50,51)33-18-19-37(42(43,44)31-14-12-29(13-15-31)10-11-30-20-23-46(24-21-30)40(49)54-41(3,4)5)35(26-33)36-27-45(6)39(48)38-34(36)22-25-47(38)56(52,53)32-16-8-28(2)9-17-32/h8-9,12-19,22,25-27,30H,7,10-11,20-21,23-24H2,1-6H3. The molecule has 14 heteroatoms. The van der Waals surface area contributed by atoms with Crippen molar-refractivity contribution in [2.75, 3.05) is 18.8 Å². The molecule has 1 fully saturated rings. The molecule has 1 aliphatic heterocycles. The van der Waals surface area contributed by atoms with Gasteiger partial charge < -0.3 is 14.2 Å². The van der Waals surface area contributed by atoms with Gasteiger partial charge in [-0.3, -0.25) is 4.79 Å². The Morgan fingerprint density at radius 3 is 2.11 bits per heavy atom. The van der Waals surface area contributed by atoms with Crippen molar-refractivity contribution in [2.45, 2.75) is 81.6 Å². The molecule has 6 rings (SSSR count). The Bertz CT molecular complexity index is 2550. The van der Waals surface area contributed by atoms with Crippen LogP contribution < -0.4 is 5.56 Å². The third-order valence-electron chi connectivity index (χ3n) is 10.3. The Kier molecular flexibility index (Phi) is 11.1. The van der Waals surface area contributed by atoms with Crippen LogP contribution in [-0.4, -0.2) is 60.8 Å². The Morgan fingerprint density at radius 1 is 0.875 bits per heavy atom. The summed E-state index contributed by atoms with van der Waals surface area (Å²) in [5.41, 5.74) is -0.715. The molecule has 10 nitrogen and oxygen atoms in total. The fourth-order valence-electron chi connectivity index (χ4n) is 7.09. The predicted octanol–water partition coefficient (Wildman–Crippen LogP) is 8.07. The zero-order valence-corrected chi connectivity index (χ0v) is 34.0. The highest BCUT2D eigenvalue weighted by Crippen LogP contribution is 2.44. The third kappa shape index (κ3) is 8.17. The number of nitrogens with zero attached hydrogens (tertiary/aromatic N) is 3. The lowest BCUT2D eigenvalue weighted by Crippen LogP contribution is -2.41. The van der Waals surface area contributed by atoms with E-state index in [2.05, 4.69) is 0 Å². The molecular weight excluding hydrogens is 761 g/mol. The van der Waals surface area contributed by atoms with E-state index in [1.54, 1.807) is 36.1 Å². The van der Waals surface area contributed by atoms with Crippen LogP contribution in [0.2, 0.25) is 0 Å². The minimum atomic E-state index is -4.28. The molecule has 5 aromatic rings. The lowest BCUT2D eigenvalue weighted by atomic mass is 9.89. The Morgan fingerprint density at radius 2 is 1.50 bits per heavy atom. The smallest absolute Gasteiger partial charge is 0.410 e. The molecule has 0 atom stereocenters. The van der Waals surface area contributed by atoms with Crippen molar-refractivity contribution in [1.29, 1.82) is 0 Å². The van der Waals surface area contributed by atoms with Crippen LogP contribution in [0.3, 0.4) is 0 Å². The first-order chi connectivity index (χ1) is 26.2. The number of alkyl halides is 2. The van der Waals surface area contributed by atoms with E-state index in [0.717, 1.165) is 51.1 Å². The molecule has 0 spiro atoms. The maximum atomic E-state index is 16.8. The number of rotatable bonds is 10. The van der Waals surface area contributed by atoms with Crippen LogP contribution in [0.25, 0.3) is 22.0 Å². The second-order valence-corrected chi connectivity index (χ2v) is 19.6. The van der Waals surface area contributed by atoms with E-state index in [4.69, 9.17) is 4.74 Å². The molecule has 2 aromatic heterocycles. The number of hydrogen-bond donors (Lipinski definition) is 0. The van der Waals surface area contributed by atoms with Gasteiger partial charge in [0.2, 0.25) is 0 Å². The summed E-state index contributed by atoms with van der Waals surface area (Å²) in [6.45, 7) is 9.96. The molecule has 0 radical (unpaired) electrons. The maximum Gasteiger partial charge on any atom is 0.410 e. The van der Waals surface area contributed by atoms with Crippen LogP contribution in [0.15, 0.2) is 99.8 Å². The molecule has 3 heterocycles. The van der Waals surface area contributed by atoms with E-state index in [1.807, 2.05) is 20.8 Å². The van der Waals surface area contributed by atoms with E-state index in [1.165, 1.54) is 62.8 Å². The Balaban J connectivity index is 1.33. The SMILES string of the molecule is CCS(=O)(=O)c1ccc(C(F)(F)c2ccc(CCC3CCN(C(=O)OC(C)(C)C)CC3)cc2)c(-c2cn(C)c(=O)c3c2ccn3S(=O)(=O)c2ccc(C)cc2)c1. The van der Waals surface area contributed by atoms with Crippen LogP contribution >= 0.6 is 0 Å². The van der Waals surface area contributed by atoms with Crippen molar-refractivity contribution in [3.8, 4) is 11.1 Å². The number of aromatic nitrogens is 2. The summed E-state index contributed by atoms with van der Waals surface area (Å²) in [5.74, 6) is -3.54. The van der Waals surface area contributed by atoms with Gasteiger partial charge in [0.05, 0.1) is 15.5 Å². The summed E-state index contributed by atoms with van der Waals surface area (Å²) in [6, 6.07) is 16.9. The lowest BCUT2D eigenvalue weighted by Gasteiger charge is -2.33. The highest BCUT2D eigenvalue weighted by atomic mass is 32.2. The molecule has 0 N–H and O–H groups in total. The summed E-state index contributed by atoms with van der Waals surface area (Å²) < 4.78 is 94.9. The second-order valence-electron chi connectivity index (χ2n) is 15.5. The van der Waals surface area contributed by atoms with Crippen molar-refractivity contribution in [2.24, 2.45) is 13.0 Å². The van der Waals surface area contributed by atoms with Gasteiger partial charge in [-0.1, -0.05) is 55.0 Å². The minimum absolute atomic E-state index is 0.0663. The van der Waals surface area contributed by atoms with Crippen LogP contribution in [-0.2, 0) is 44.0 Å². The lowest BCUT2D eigenvalue weighted by molar-refractivity contribution is 0.0181. The molecule has 1 amide bonds. The van der Waals surface area contributed by atoms with E-state index in [-0.39, 0.29) is 49.2 Å². The number of amides is 1. The van der Waals surface area contributed by atoms with Crippen molar-refractivity contribution < 1.29 is 35.1 Å². The van der Waals surface area contributed by atoms with E-state index >= 15 is 8.78 Å². The molecule has 1 aliphatic rings. The summed E-state index contributed by atoms with van der Waals surface area (Å²) in [4.78, 5) is 27.5. The molecule has 1 saturated heterocycles. The van der Waals surface area contributed by atoms with Crippen LogP contribution in [0.4, 0.5) is 13.6 Å². The minimum Gasteiger partial charge on any atom is -0.444 e. The van der Waals surface area contributed by atoms with Gasteiger partial charge in [0.25, 0.3) is 21.5 Å². The summed E-state index contributed by atoms with van der Waals surface area (Å²) in [5, 5.41) is 0.0687. The van der Waals surface area contributed by atoms with E-state index in [0.29, 0.717) is 25.4 Å². The zero-order valence-electron chi connectivity index (χ0n) is 32.4. The summed E-state index contributed by atoms with van der Waals surface area (Å²) in [7, 11) is -6.76. The fraction of sp³-hybridized carbons (Fsp3) is 0.381. The number of carbonyl (C=O) groups excluding carboxylic acids is 1. The van der Waals surface area contributed by atoms with Gasteiger partial charge in [-0.15, -0.1) is 0 Å². The molecule has 56 heavy (non-hydrogen) atoms. The number of piperidine rings is 1. The molecule has 0 saturated carbocycles. The molecule has 3 aromatic carbocycles. The first-order valence-electron chi connectivity index (χ1n) is 18.6. The van der Waals surface area contributed by atoms with Crippen molar-refractivity contribution in [3.63, 3.8) is 0 Å². The van der Waals surface area contributed by atoms with E-state index in [9.17, 15) is 26.4 Å². The average molecular weight is 808 g/mol. The molecule has 0 bridgehead atoms. The second kappa shape index (κ2) is 15.3. The summed E-state index contributed by atoms with van der Waals surface area (Å²) >= 11 is 0. The highest BCUT2D eigenvalue weighted by molar-refractivity contribution is 7.91. The summed E-state index contributed by atoms with van der Waals surface area (Å²) in [6.07, 6.45) is 5.35. The quantitative estimate of drug-likeness (QED) is 0.140. The molecule has 0 unspecified atom stereocenters. The van der Waals surface area contributed by atoms with Crippen LogP contribution in [0.1, 0.15) is 69.2 Å². The molecule has 0 aliphatic carbocycles. The van der Waals surface area contributed by atoms with Crippen LogP contribution in [0, 0.1) is 12.8 Å². The third-order valence-corrected chi connectivity index (χ3v) is 13.8. The Hall–Kier alpha value is -4.82.